The van der Waals surface area contributed by atoms with Crippen LogP contribution >= 0.6 is 0 Å². The SMILES string of the molecule is COc1cc2c3c(n(OC)c2cc1C)C(=O)CC(C)C3. The molecule has 4 heteroatoms. The Morgan fingerprint density at radius 2 is 2.00 bits per heavy atom. The summed E-state index contributed by atoms with van der Waals surface area (Å²) in [6.45, 7) is 4.11. The van der Waals surface area contributed by atoms with Gasteiger partial charge in [0.05, 0.1) is 12.6 Å². The number of aryl methyl sites for hydroxylation is 1. The molecule has 1 unspecified atom stereocenters. The van der Waals surface area contributed by atoms with Crippen molar-refractivity contribution in [3.63, 3.8) is 0 Å². The van der Waals surface area contributed by atoms with Gasteiger partial charge in [0.25, 0.3) is 0 Å². The first-order chi connectivity index (χ1) is 9.56. The molecule has 0 amide bonds. The van der Waals surface area contributed by atoms with Crippen LogP contribution in [-0.4, -0.2) is 24.7 Å². The lowest BCUT2D eigenvalue weighted by Gasteiger charge is -2.18. The van der Waals surface area contributed by atoms with Crippen molar-refractivity contribution in [2.75, 3.05) is 14.2 Å². The fourth-order valence-corrected chi connectivity index (χ4v) is 3.18. The van der Waals surface area contributed by atoms with Gasteiger partial charge in [0, 0.05) is 11.8 Å². The third-order valence-corrected chi connectivity index (χ3v) is 4.08. The quantitative estimate of drug-likeness (QED) is 0.844. The standard InChI is InChI=1S/C16H19NO3/c1-9-5-12-11-8-15(19-3)10(2)7-13(11)17(20-4)16(12)14(18)6-9/h7-9H,5-6H2,1-4H3. The van der Waals surface area contributed by atoms with Gasteiger partial charge in [-0.3, -0.25) is 4.79 Å². The molecular formula is C16H19NO3. The predicted octanol–water partition coefficient (Wildman–Crippen LogP) is 2.78. The zero-order valence-corrected chi connectivity index (χ0v) is 12.3. The van der Waals surface area contributed by atoms with Crippen molar-refractivity contribution in [1.82, 2.24) is 4.73 Å². The molecule has 0 aliphatic heterocycles. The predicted molar refractivity (Wildman–Crippen MR) is 77.5 cm³/mol. The maximum absolute atomic E-state index is 12.4. The number of aromatic nitrogens is 1. The molecule has 1 aromatic carbocycles. The van der Waals surface area contributed by atoms with E-state index in [4.69, 9.17) is 9.57 Å². The molecule has 0 fully saturated rings. The van der Waals surface area contributed by atoms with E-state index < -0.39 is 0 Å². The molecule has 0 bridgehead atoms. The van der Waals surface area contributed by atoms with Gasteiger partial charge in [-0.05, 0) is 42.5 Å². The number of Topliss-reactive ketones (excluding diaryl/α,β-unsaturated/α-hetero) is 1. The summed E-state index contributed by atoms with van der Waals surface area (Å²) in [5.74, 6) is 1.38. The number of ether oxygens (including phenoxy) is 1. The van der Waals surface area contributed by atoms with Gasteiger partial charge in [0.1, 0.15) is 18.6 Å². The molecule has 4 nitrogen and oxygen atoms in total. The summed E-state index contributed by atoms with van der Waals surface area (Å²) in [6, 6.07) is 4.04. The molecule has 20 heavy (non-hydrogen) atoms. The highest BCUT2D eigenvalue weighted by molar-refractivity contribution is 6.04. The van der Waals surface area contributed by atoms with Gasteiger partial charge in [-0.1, -0.05) is 6.92 Å². The number of rotatable bonds is 2. The molecule has 0 spiro atoms. The smallest absolute Gasteiger partial charge is 0.183 e. The van der Waals surface area contributed by atoms with Crippen LogP contribution in [0.15, 0.2) is 12.1 Å². The van der Waals surface area contributed by atoms with Crippen LogP contribution in [0, 0.1) is 12.8 Å². The van der Waals surface area contributed by atoms with E-state index in [9.17, 15) is 4.79 Å². The van der Waals surface area contributed by atoms with Gasteiger partial charge in [-0.25, -0.2) is 0 Å². The van der Waals surface area contributed by atoms with Gasteiger partial charge in [-0.15, -0.1) is 0 Å². The number of nitrogens with zero attached hydrogens (tertiary/aromatic N) is 1. The van der Waals surface area contributed by atoms with Crippen LogP contribution in [0.25, 0.3) is 10.9 Å². The van der Waals surface area contributed by atoms with Crippen molar-refractivity contribution >= 4 is 16.7 Å². The summed E-state index contributed by atoms with van der Waals surface area (Å²) in [6.07, 6.45) is 1.49. The fraction of sp³-hybridized carbons (Fsp3) is 0.438. The van der Waals surface area contributed by atoms with E-state index in [2.05, 4.69) is 6.92 Å². The number of hydrogen-bond donors (Lipinski definition) is 0. The van der Waals surface area contributed by atoms with Gasteiger partial charge in [0.15, 0.2) is 5.78 Å². The largest absolute Gasteiger partial charge is 0.496 e. The number of ketones is 1. The Hall–Kier alpha value is -1.97. The first kappa shape index (κ1) is 13.0. The number of fused-ring (bicyclic) bond motifs is 3. The van der Waals surface area contributed by atoms with Crippen LogP contribution in [0.3, 0.4) is 0 Å². The second-order valence-electron chi connectivity index (χ2n) is 5.58. The highest BCUT2D eigenvalue weighted by Gasteiger charge is 2.30. The Morgan fingerprint density at radius 3 is 2.65 bits per heavy atom. The summed E-state index contributed by atoms with van der Waals surface area (Å²) in [5.41, 5.74) is 3.77. The molecule has 2 aromatic rings. The van der Waals surface area contributed by atoms with E-state index in [0.29, 0.717) is 18.0 Å². The van der Waals surface area contributed by atoms with E-state index in [-0.39, 0.29) is 5.78 Å². The Kier molecular flexibility index (Phi) is 2.96. The normalized spacial score (nSPS) is 18.2. The summed E-state index contributed by atoms with van der Waals surface area (Å²) in [5, 5.41) is 1.06. The minimum absolute atomic E-state index is 0.161. The minimum Gasteiger partial charge on any atom is -0.496 e. The molecule has 1 heterocycles. The van der Waals surface area contributed by atoms with Gasteiger partial charge < -0.3 is 9.57 Å². The van der Waals surface area contributed by atoms with Crippen LogP contribution in [0.4, 0.5) is 0 Å². The lowest BCUT2D eigenvalue weighted by Crippen LogP contribution is -2.22. The van der Waals surface area contributed by atoms with E-state index in [1.807, 2.05) is 19.1 Å². The molecule has 1 aliphatic rings. The maximum atomic E-state index is 12.4. The second kappa shape index (κ2) is 4.54. The van der Waals surface area contributed by atoms with Gasteiger partial charge in [-0.2, -0.15) is 4.73 Å². The second-order valence-corrected chi connectivity index (χ2v) is 5.58. The minimum atomic E-state index is 0.161. The summed E-state index contributed by atoms with van der Waals surface area (Å²) >= 11 is 0. The number of carbonyl (C=O) groups excluding carboxylic acids is 1. The molecule has 106 valence electrons. The maximum Gasteiger partial charge on any atom is 0.183 e. The van der Waals surface area contributed by atoms with Crippen LogP contribution in [0.5, 0.6) is 5.75 Å². The molecule has 1 aromatic heterocycles. The van der Waals surface area contributed by atoms with Crippen molar-refractivity contribution in [2.24, 2.45) is 5.92 Å². The van der Waals surface area contributed by atoms with Gasteiger partial charge >= 0.3 is 0 Å². The van der Waals surface area contributed by atoms with Crippen LogP contribution in [0.2, 0.25) is 0 Å². The number of carbonyl (C=O) groups is 1. The van der Waals surface area contributed by atoms with Crippen LogP contribution in [0.1, 0.15) is 35.0 Å². The highest BCUT2D eigenvalue weighted by atomic mass is 16.6. The van der Waals surface area contributed by atoms with Gasteiger partial charge in [0.2, 0.25) is 0 Å². The lowest BCUT2D eigenvalue weighted by molar-refractivity contribution is 0.0898. The molecule has 0 N–H and O–H groups in total. The molecule has 1 atom stereocenters. The highest BCUT2D eigenvalue weighted by Crippen LogP contribution is 2.36. The first-order valence-corrected chi connectivity index (χ1v) is 6.86. The van der Waals surface area contributed by atoms with Crippen LogP contribution in [-0.2, 0) is 6.42 Å². The van der Waals surface area contributed by atoms with E-state index in [0.717, 1.165) is 34.2 Å². The average molecular weight is 273 g/mol. The van der Waals surface area contributed by atoms with Crippen molar-refractivity contribution in [3.05, 3.63) is 29.0 Å². The molecule has 3 rings (SSSR count). The Bertz CT molecular complexity index is 700. The Morgan fingerprint density at radius 1 is 1.25 bits per heavy atom. The molecule has 0 saturated carbocycles. The molecular weight excluding hydrogens is 254 g/mol. The van der Waals surface area contributed by atoms with Crippen molar-refractivity contribution in [1.29, 1.82) is 0 Å². The molecule has 1 aliphatic carbocycles. The number of methoxy groups -OCH3 is 1. The number of hydrogen-bond acceptors (Lipinski definition) is 3. The van der Waals surface area contributed by atoms with E-state index in [1.54, 1.807) is 19.0 Å². The number of benzene rings is 1. The third kappa shape index (κ3) is 1.71. The molecule has 0 saturated heterocycles. The Balaban J connectivity index is 2.38. The first-order valence-electron chi connectivity index (χ1n) is 6.86. The van der Waals surface area contributed by atoms with Crippen molar-refractivity contribution < 1.29 is 14.4 Å². The van der Waals surface area contributed by atoms with Crippen LogP contribution < -0.4 is 9.57 Å². The van der Waals surface area contributed by atoms with E-state index >= 15 is 0 Å². The Labute approximate surface area is 118 Å². The average Bonchev–Trinajstić information content (AvgIpc) is 2.70. The zero-order chi connectivity index (χ0) is 14.4. The zero-order valence-electron chi connectivity index (χ0n) is 12.3. The monoisotopic (exact) mass is 273 g/mol. The third-order valence-electron chi connectivity index (χ3n) is 4.08. The van der Waals surface area contributed by atoms with Crippen molar-refractivity contribution in [2.45, 2.75) is 26.7 Å². The lowest BCUT2D eigenvalue weighted by atomic mass is 9.87. The molecule has 0 radical (unpaired) electrons. The topological polar surface area (TPSA) is 40.5 Å². The van der Waals surface area contributed by atoms with E-state index in [1.165, 1.54) is 0 Å². The summed E-state index contributed by atoms with van der Waals surface area (Å²) < 4.78 is 7.08. The summed E-state index contributed by atoms with van der Waals surface area (Å²) in [4.78, 5) is 17.8. The fourth-order valence-electron chi connectivity index (χ4n) is 3.18. The summed E-state index contributed by atoms with van der Waals surface area (Å²) in [7, 11) is 3.27. The van der Waals surface area contributed by atoms with Crippen molar-refractivity contribution in [3.8, 4) is 5.75 Å².